The van der Waals surface area contributed by atoms with Crippen LogP contribution in [-0.2, 0) is 0 Å². The third-order valence-electron chi connectivity index (χ3n) is 12.3. The lowest BCUT2D eigenvalue weighted by Gasteiger charge is -2.26. The highest BCUT2D eigenvalue weighted by atomic mass is 15.1. The standard InChI is InChI=1S/C62H44N2/c1-5-15-45(16-6-1)48-24-28-54(29-25-48)61-60(53-21-11-4-12-22-53)59-23-13-14-44-63(59)62(61)55-30-26-49(27-31-55)52-36-42-58(43-37-52)64(56-38-32-50(33-39-56)46-17-7-2-8-18-46)57-40-34-51(35-41-57)47-19-9-3-10-20-47/h1-44H. The lowest BCUT2D eigenvalue weighted by atomic mass is 9.92. The molecule has 0 fully saturated rings. The van der Waals surface area contributed by atoms with Crippen LogP contribution in [0, 0.1) is 0 Å². The fraction of sp³-hybridized carbons (Fsp3) is 0. The smallest absolute Gasteiger partial charge is 0.0613 e. The number of hydrogen-bond donors (Lipinski definition) is 0. The Morgan fingerprint density at radius 2 is 0.500 bits per heavy atom. The number of rotatable bonds is 10. The fourth-order valence-corrected chi connectivity index (χ4v) is 9.07. The van der Waals surface area contributed by atoms with E-state index in [2.05, 4.69) is 276 Å². The molecular weight excluding hydrogens is 773 g/mol. The van der Waals surface area contributed by atoms with E-state index in [0.717, 1.165) is 28.2 Å². The molecular formula is C62H44N2. The average Bonchev–Trinajstić information content (AvgIpc) is 3.73. The Morgan fingerprint density at radius 1 is 0.219 bits per heavy atom. The molecule has 2 heteroatoms. The molecule has 0 spiro atoms. The number of hydrogen-bond acceptors (Lipinski definition) is 1. The molecule has 0 unspecified atom stereocenters. The largest absolute Gasteiger partial charge is 0.315 e. The number of aromatic nitrogens is 1. The first-order valence-electron chi connectivity index (χ1n) is 21.9. The molecule has 0 radical (unpaired) electrons. The van der Waals surface area contributed by atoms with Crippen LogP contribution in [-0.4, -0.2) is 4.40 Å². The van der Waals surface area contributed by atoms with Gasteiger partial charge in [-0.3, -0.25) is 0 Å². The molecule has 0 saturated heterocycles. The normalized spacial score (nSPS) is 11.1. The maximum atomic E-state index is 2.36. The molecule has 2 heterocycles. The van der Waals surface area contributed by atoms with Gasteiger partial charge in [-0.05, 0) is 110 Å². The maximum Gasteiger partial charge on any atom is 0.0613 e. The second kappa shape index (κ2) is 17.1. The Morgan fingerprint density at radius 3 is 0.891 bits per heavy atom. The summed E-state index contributed by atoms with van der Waals surface area (Å²) < 4.78 is 2.36. The van der Waals surface area contributed by atoms with Gasteiger partial charge < -0.3 is 9.30 Å². The fourth-order valence-electron chi connectivity index (χ4n) is 9.07. The topological polar surface area (TPSA) is 7.65 Å². The molecule has 64 heavy (non-hydrogen) atoms. The van der Waals surface area contributed by atoms with Gasteiger partial charge in [-0.15, -0.1) is 0 Å². The van der Waals surface area contributed by atoms with Crippen LogP contribution in [0.15, 0.2) is 267 Å². The van der Waals surface area contributed by atoms with E-state index in [1.807, 2.05) is 0 Å². The summed E-state index contributed by atoms with van der Waals surface area (Å²) in [4.78, 5) is 2.34. The van der Waals surface area contributed by atoms with E-state index in [0.29, 0.717) is 0 Å². The van der Waals surface area contributed by atoms with Crippen molar-refractivity contribution >= 4 is 22.6 Å². The Balaban J connectivity index is 0.955. The summed E-state index contributed by atoms with van der Waals surface area (Å²) in [6.07, 6.45) is 2.20. The van der Waals surface area contributed by atoms with E-state index in [9.17, 15) is 0 Å². The van der Waals surface area contributed by atoms with Crippen molar-refractivity contribution in [3.63, 3.8) is 0 Å². The quantitative estimate of drug-likeness (QED) is 0.133. The van der Waals surface area contributed by atoms with Crippen molar-refractivity contribution in [2.24, 2.45) is 0 Å². The molecule has 2 nitrogen and oxygen atoms in total. The summed E-state index contributed by atoms with van der Waals surface area (Å²) in [5.74, 6) is 0. The van der Waals surface area contributed by atoms with Gasteiger partial charge in [0.2, 0.25) is 0 Å². The zero-order valence-corrected chi connectivity index (χ0v) is 35.3. The third-order valence-corrected chi connectivity index (χ3v) is 12.3. The van der Waals surface area contributed by atoms with Crippen molar-refractivity contribution in [1.29, 1.82) is 0 Å². The highest BCUT2D eigenvalue weighted by Crippen LogP contribution is 2.46. The number of benzene rings is 9. The minimum atomic E-state index is 1.09. The number of pyridine rings is 1. The summed E-state index contributed by atoms with van der Waals surface area (Å²) in [6, 6.07) is 93.9. The van der Waals surface area contributed by atoms with Crippen LogP contribution in [0.1, 0.15) is 0 Å². The predicted octanol–water partition coefficient (Wildman–Crippen LogP) is 17.1. The molecule has 0 aliphatic carbocycles. The average molecular weight is 817 g/mol. The molecule has 11 rings (SSSR count). The van der Waals surface area contributed by atoms with Crippen LogP contribution in [0.4, 0.5) is 17.1 Å². The summed E-state index contributed by atoms with van der Waals surface area (Å²) in [5, 5.41) is 0. The lowest BCUT2D eigenvalue weighted by molar-refractivity contribution is 1.20. The molecule has 0 amide bonds. The molecule has 0 atom stereocenters. The Hall–Kier alpha value is -8.46. The summed E-state index contributed by atoms with van der Waals surface area (Å²) in [6.45, 7) is 0. The van der Waals surface area contributed by atoms with E-state index in [1.165, 1.54) is 72.4 Å². The zero-order valence-electron chi connectivity index (χ0n) is 35.3. The molecule has 302 valence electrons. The zero-order chi connectivity index (χ0) is 42.7. The second-order valence-electron chi connectivity index (χ2n) is 16.1. The van der Waals surface area contributed by atoms with Crippen LogP contribution in [0.3, 0.4) is 0 Å². The van der Waals surface area contributed by atoms with Gasteiger partial charge in [0.05, 0.1) is 11.2 Å². The first-order valence-corrected chi connectivity index (χ1v) is 21.9. The van der Waals surface area contributed by atoms with E-state index in [4.69, 9.17) is 0 Å². The molecule has 0 saturated carbocycles. The summed E-state index contributed by atoms with van der Waals surface area (Å²) >= 11 is 0. The van der Waals surface area contributed by atoms with E-state index >= 15 is 0 Å². The van der Waals surface area contributed by atoms with Crippen molar-refractivity contribution in [1.82, 2.24) is 4.40 Å². The molecule has 2 aromatic heterocycles. The number of nitrogens with zero attached hydrogens (tertiary/aromatic N) is 2. The van der Waals surface area contributed by atoms with Crippen molar-refractivity contribution < 1.29 is 0 Å². The minimum Gasteiger partial charge on any atom is -0.315 e. The first-order chi connectivity index (χ1) is 31.7. The summed E-state index contributed by atoms with van der Waals surface area (Å²) in [7, 11) is 0. The van der Waals surface area contributed by atoms with Gasteiger partial charge in [0.15, 0.2) is 0 Å². The second-order valence-corrected chi connectivity index (χ2v) is 16.1. The van der Waals surface area contributed by atoms with E-state index < -0.39 is 0 Å². The van der Waals surface area contributed by atoms with Crippen LogP contribution >= 0.6 is 0 Å². The van der Waals surface area contributed by atoms with Crippen molar-refractivity contribution in [3.05, 3.63) is 267 Å². The van der Waals surface area contributed by atoms with Gasteiger partial charge in [0.1, 0.15) is 0 Å². The molecule has 0 aliphatic rings. The third kappa shape index (κ3) is 7.48. The minimum absolute atomic E-state index is 1.09. The van der Waals surface area contributed by atoms with Crippen LogP contribution < -0.4 is 4.90 Å². The molecule has 0 aliphatic heterocycles. The van der Waals surface area contributed by atoms with E-state index in [1.54, 1.807) is 0 Å². The SMILES string of the molecule is c1ccc(-c2ccc(-c3c(-c4ccccc4)c4ccccn4c3-c3ccc(-c4ccc(N(c5ccc(-c6ccccc6)cc5)c5ccc(-c6ccccc6)cc5)cc4)cc3)cc2)cc1. The predicted molar refractivity (Wildman–Crippen MR) is 270 cm³/mol. The van der Waals surface area contributed by atoms with Crippen LogP contribution in [0.25, 0.3) is 83.5 Å². The van der Waals surface area contributed by atoms with Gasteiger partial charge in [-0.1, -0.05) is 212 Å². The first kappa shape index (κ1) is 38.5. The van der Waals surface area contributed by atoms with Gasteiger partial charge >= 0.3 is 0 Å². The maximum absolute atomic E-state index is 2.36. The molecule has 0 bridgehead atoms. The van der Waals surface area contributed by atoms with Gasteiger partial charge in [-0.25, -0.2) is 0 Å². The van der Waals surface area contributed by atoms with Gasteiger partial charge in [0, 0.05) is 34.4 Å². The monoisotopic (exact) mass is 816 g/mol. The highest BCUT2D eigenvalue weighted by Gasteiger charge is 2.22. The van der Waals surface area contributed by atoms with Crippen LogP contribution in [0.5, 0.6) is 0 Å². The molecule has 11 aromatic rings. The van der Waals surface area contributed by atoms with E-state index in [-0.39, 0.29) is 0 Å². The molecule has 0 N–H and O–H groups in total. The van der Waals surface area contributed by atoms with Crippen LogP contribution in [0.2, 0.25) is 0 Å². The van der Waals surface area contributed by atoms with Gasteiger partial charge in [-0.2, -0.15) is 0 Å². The van der Waals surface area contributed by atoms with Crippen molar-refractivity contribution in [2.75, 3.05) is 4.90 Å². The van der Waals surface area contributed by atoms with Gasteiger partial charge in [0.25, 0.3) is 0 Å². The Bertz CT molecular complexity index is 3200. The van der Waals surface area contributed by atoms with Crippen molar-refractivity contribution in [2.45, 2.75) is 0 Å². The Labute approximate surface area is 375 Å². The van der Waals surface area contributed by atoms with Crippen molar-refractivity contribution in [3.8, 4) is 78.0 Å². The number of anilines is 3. The number of fused-ring (bicyclic) bond motifs is 1. The molecule has 9 aromatic carbocycles. The Kier molecular flexibility index (Phi) is 10.3. The lowest BCUT2D eigenvalue weighted by Crippen LogP contribution is -2.09. The summed E-state index contributed by atoms with van der Waals surface area (Å²) in [5.41, 5.74) is 21.2. The highest BCUT2D eigenvalue weighted by molar-refractivity contribution is 6.03.